The van der Waals surface area contributed by atoms with Gasteiger partial charge in [-0.2, -0.15) is 0 Å². The summed E-state index contributed by atoms with van der Waals surface area (Å²) in [6.45, 7) is 5.31. The first-order valence-corrected chi connectivity index (χ1v) is 3.24. The van der Waals surface area contributed by atoms with E-state index in [0.29, 0.717) is 5.57 Å². The summed E-state index contributed by atoms with van der Waals surface area (Å²) in [5.74, 6) is 0. The van der Waals surface area contributed by atoms with Gasteiger partial charge >= 0.3 is 0 Å². The minimum atomic E-state index is -0.513. The quantitative estimate of drug-likeness (QED) is 0.349. The molecule has 0 saturated carbocycles. The van der Waals surface area contributed by atoms with Crippen LogP contribution >= 0.6 is 11.6 Å². The van der Waals surface area contributed by atoms with Crippen molar-refractivity contribution in [2.24, 2.45) is 0 Å². The number of hydrogen-bond acceptors (Lipinski definition) is 1. The van der Waals surface area contributed by atoms with Gasteiger partial charge in [-0.1, -0.05) is 30.9 Å². The summed E-state index contributed by atoms with van der Waals surface area (Å²) in [7, 11) is 0. The van der Waals surface area contributed by atoms with Crippen molar-refractivity contribution in [3.8, 4) is 0 Å². The fourth-order valence-corrected chi connectivity index (χ4v) is 0.411. The summed E-state index contributed by atoms with van der Waals surface area (Å²) in [4.78, 5) is 10.3. The van der Waals surface area contributed by atoms with E-state index < -0.39 is 5.24 Å². The second kappa shape index (κ2) is 5.00. The Hall–Kier alpha value is -0.820. The van der Waals surface area contributed by atoms with E-state index in [1.54, 1.807) is 18.2 Å². The Morgan fingerprint density at radius 2 is 2.10 bits per heavy atom. The van der Waals surface area contributed by atoms with Crippen LogP contribution in [-0.4, -0.2) is 5.24 Å². The van der Waals surface area contributed by atoms with Gasteiger partial charge in [-0.25, -0.2) is 0 Å². The fraction of sp³-hybridized carbons (Fsp3) is 0.125. The Bertz CT molecular complexity index is 189. The molecule has 0 heterocycles. The lowest BCUT2D eigenvalue weighted by atomic mass is 10.3. The van der Waals surface area contributed by atoms with Gasteiger partial charge in [0.15, 0.2) is 0 Å². The van der Waals surface area contributed by atoms with Gasteiger partial charge in [-0.15, -0.1) is 0 Å². The maximum Gasteiger partial charge on any atom is 0.251 e. The highest BCUT2D eigenvalue weighted by atomic mass is 35.5. The third-order valence-corrected chi connectivity index (χ3v) is 1.10. The Kier molecular flexibility index (Phi) is 4.59. The first kappa shape index (κ1) is 9.18. The Labute approximate surface area is 65.7 Å². The lowest BCUT2D eigenvalue weighted by Gasteiger charge is -1.84. The maximum absolute atomic E-state index is 10.3. The lowest BCUT2D eigenvalue weighted by Crippen LogP contribution is -1.84. The summed E-state index contributed by atoms with van der Waals surface area (Å²) < 4.78 is 0. The molecule has 0 radical (unpaired) electrons. The first-order valence-electron chi connectivity index (χ1n) is 2.86. The molecule has 0 saturated heterocycles. The molecule has 10 heavy (non-hydrogen) atoms. The zero-order valence-corrected chi connectivity index (χ0v) is 6.56. The molecule has 54 valence electrons. The molecular formula is C8H9ClO. The summed E-state index contributed by atoms with van der Waals surface area (Å²) in [6, 6.07) is 0. The Morgan fingerprint density at radius 3 is 2.50 bits per heavy atom. The molecular weight excluding hydrogens is 148 g/mol. The first-order chi connectivity index (χ1) is 4.68. The van der Waals surface area contributed by atoms with Crippen LogP contribution in [0, 0.1) is 0 Å². The van der Waals surface area contributed by atoms with Crippen molar-refractivity contribution in [1.82, 2.24) is 0 Å². The van der Waals surface area contributed by atoms with Crippen LogP contribution in [0.3, 0.4) is 0 Å². The van der Waals surface area contributed by atoms with Gasteiger partial charge in [-0.05, 0) is 18.5 Å². The smallest absolute Gasteiger partial charge is 0.251 e. The molecule has 0 aliphatic rings. The van der Waals surface area contributed by atoms with Gasteiger partial charge in [0.2, 0.25) is 0 Å². The lowest BCUT2D eigenvalue weighted by molar-refractivity contribution is -0.108. The molecule has 0 fully saturated rings. The molecule has 0 aromatic carbocycles. The predicted molar refractivity (Wildman–Crippen MR) is 44.0 cm³/mol. The van der Waals surface area contributed by atoms with E-state index >= 15 is 0 Å². The molecule has 0 aromatic rings. The molecule has 0 bridgehead atoms. The van der Waals surface area contributed by atoms with Crippen molar-refractivity contribution >= 4 is 16.8 Å². The highest BCUT2D eigenvalue weighted by molar-refractivity contribution is 6.68. The molecule has 0 aliphatic carbocycles. The molecule has 1 nitrogen and oxygen atoms in total. The third kappa shape index (κ3) is 4.10. The molecule has 0 N–H and O–H groups in total. The maximum atomic E-state index is 10.3. The molecule has 0 rings (SSSR count). The molecule has 0 aromatic heterocycles. The van der Waals surface area contributed by atoms with E-state index in [0.717, 1.165) is 0 Å². The van der Waals surface area contributed by atoms with E-state index in [1.165, 1.54) is 0 Å². The normalized spacial score (nSPS) is 11.0. The fourth-order valence-electron chi connectivity index (χ4n) is 0.348. The van der Waals surface area contributed by atoms with Crippen molar-refractivity contribution in [3.05, 3.63) is 36.5 Å². The van der Waals surface area contributed by atoms with E-state index in [2.05, 4.69) is 6.58 Å². The van der Waals surface area contributed by atoms with Crippen molar-refractivity contribution < 1.29 is 4.79 Å². The Morgan fingerprint density at radius 1 is 1.50 bits per heavy atom. The van der Waals surface area contributed by atoms with E-state index in [-0.39, 0.29) is 0 Å². The standard InChI is InChI=1S/C8H9ClO/c1-3-4-5-6-7(2)8(9)10/h3-6H,2H2,1H3/b4-3-,6-5-. The average Bonchev–Trinajstić information content (AvgIpc) is 1.88. The highest BCUT2D eigenvalue weighted by Gasteiger charge is 1.94. The Balaban J connectivity index is 3.90. The number of carbonyl (C=O) groups excluding carboxylic acids is 1. The number of allylic oxidation sites excluding steroid dienone is 5. The molecule has 0 spiro atoms. The number of hydrogen-bond donors (Lipinski definition) is 0. The van der Waals surface area contributed by atoms with Gasteiger partial charge in [-0.3, -0.25) is 4.79 Å². The monoisotopic (exact) mass is 156 g/mol. The van der Waals surface area contributed by atoms with Crippen LogP contribution < -0.4 is 0 Å². The zero-order chi connectivity index (χ0) is 7.98. The molecule has 0 aliphatic heterocycles. The minimum absolute atomic E-state index is 0.305. The van der Waals surface area contributed by atoms with Gasteiger partial charge in [0, 0.05) is 5.57 Å². The van der Waals surface area contributed by atoms with E-state index in [9.17, 15) is 4.79 Å². The molecule has 0 atom stereocenters. The largest absolute Gasteiger partial charge is 0.276 e. The van der Waals surface area contributed by atoms with Gasteiger partial charge in [0.05, 0.1) is 0 Å². The van der Waals surface area contributed by atoms with Crippen molar-refractivity contribution in [2.75, 3.05) is 0 Å². The third-order valence-electron chi connectivity index (χ3n) is 0.853. The van der Waals surface area contributed by atoms with Crippen molar-refractivity contribution in [1.29, 1.82) is 0 Å². The summed E-state index contributed by atoms with van der Waals surface area (Å²) in [5.41, 5.74) is 0.305. The van der Waals surface area contributed by atoms with Crippen LogP contribution in [0.15, 0.2) is 36.5 Å². The number of halogens is 1. The highest BCUT2D eigenvalue weighted by Crippen LogP contribution is 1.98. The van der Waals surface area contributed by atoms with Crippen molar-refractivity contribution in [3.63, 3.8) is 0 Å². The van der Waals surface area contributed by atoms with Gasteiger partial charge in [0.25, 0.3) is 5.24 Å². The summed E-state index contributed by atoms with van der Waals surface area (Å²) in [6.07, 6.45) is 6.92. The number of carbonyl (C=O) groups is 1. The van der Waals surface area contributed by atoms with Crippen molar-refractivity contribution in [2.45, 2.75) is 6.92 Å². The van der Waals surface area contributed by atoms with Crippen LogP contribution in [0.5, 0.6) is 0 Å². The second-order valence-corrected chi connectivity index (χ2v) is 2.03. The second-order valence-electron chi connectivity index (χ2n) is 1.68. The van der Waals surface area contributed by atoms with Crippen LogP contribution in [0.1, 0.15) is 6.92 Å². The van der Waals surface area contributed by atoms with E-state index in [1.807, 2.05) is 13.0 Å². The molecule has 0 unspecified atom stereocenters. The van der Waals surface area contributed by atoms with E-state index in [4.69, 9.17) is 11.6 Å². The predicted octanol–water partition coefficient (Wildman–Crippen LogP) is 2.44. The van der Waals surface area contributed by atoms with Crippen LogP contribution in [-0.2, 0) is 4.79 Å². The SMILES string of the molecule is C=C(/C=C\C=C/C)C(=O)Cl. The van der Waals surface area contributed by atoms with Crippen LogP contribution in [0.2, 0.25) is 0 Å². The van der Waals surface area contributed by atoms with Crippen LogP contribution in [0.25, 0.3) is 0 Å². The topological polar surface area (TPSA) is 17.1 Å². The average molecular weight is 157 g/mol. The molecule has 0 amide bonds. The van der Waals surface area contributed by atoms with Gasteiger partial charge in [0.1, 0.15) is 0 Å². The zero-order valence-electron chi connectivity index (χ0n) is 5.80. The van der Waals surface area contributed by atoms with Gasteiger partial charge < -0.3 is 0 Å². The molecule has 2 heteroatoms. The summed E-state index contributed by atoms with van der Waals surface area (Å²) >= 11 is 5.09. The number of rotatable bonds is 3. The minimum Gasteiger partial charge on any atom is -0.276 e. The summed E-state index contributed by atoms with van der Waals surface area (Å²) in [5, 5.41) is -0.513. The van der Waals surface area contributed by atoms with Crippen LogP contribution in [0.4, 0.5) is 0 Å².